The van der Waals surface area contributed by atoms with Crippen molar-refractivity contribution >= 4 is 55.7 Å². The molecule has 1 unspecified atom stereocenters. The van der Waals surface area contributed by atoms with E-state index in [1.165, 1.54) is 22.2 Å². The van der Waals surface area contributed by atoms with Crippen molar-refractivity contribution in [3.63, 3.8) is 0 Å². The first-order chi connectivity index (χ1) is 19.3. The summed E-state index contributed by atoms with van der Waals surface area (Å²) >= 11 is 2.48. The van der Waals surface area contributed by atoms with E-state index in [1.54, 1.807) is 13.8 Å². The van der Waals surface area contributed by atoms with Gasteiger partial charge in [-0.3, -0.25) is 14.2 Å². The van der Waals surface area contributed by atoms with Crippen molar-refractivity contribution in [3.05, 3.63) is 79.0 Å². The Labute approximate surface area is 238 Å². The number of benzene rings is 1. The second kappa shape index (κ2) is 11.7. The van der Waals surface area contributed by atoms with E-state index in [0.29, 0.717) is 31.8 Å². The first-order valence-electron chi connectivity index (χ1n) is 13.1. The quantitative estimate of drug-likeness (QED) is 0.288. The summed E-state index contributed by atoms with van der Waals surface area (Å²) in [6, 6.07) is 9.32. The summed E-state index contributed by atoms with van der Waals surface area (Å²) in [6.45, 7) is 5.63. The van der Waals surface area contributed by atoms with Crippen LogP contribution in [-0.4, -0.2) is 34.0 Å². The highest BCUT2D eigenvalue weighted by molar-refractivity contribution is 7.20. The minimum atomic E-state index is -0.532. The molecular weight excluding hydrogens is 550 g/mol. The first-order valence-corrected chi connectivity index (χ1v) is 14.7. The lowest BCUT2D eigenvalue weighted by Gasteiger charge is -2.18. The van der Waals surface area contributed by atoms with Crippen molar-refractivity contribution in [1.82, 2.24) is 9.55 Å². The van der Waals surface area contributed by atoms with Gasteiger partial charge in [0.25, 0.3) is 5.56 Å². The average Bonchev–Trinajstić information content (AvgIpc) is 3.46. The molecular formula is C29H29N3O6S2. The molecule has 0 spiro atoms. The van der Waals surface area contributed by atoms with Crippen molar-refractivity contribution in [2.45, 2.75) is 53.2 Å². The maximum atomic E-state index is 13.3. The Hall–Kier alpha value is -3.83. The number of rotatable bonds is 8. The molecule has 3 heterocycles. The fourth-order valence-electron chi connectivity index (χ4n) is 4.83. The third kappa shape index (κ3) is 5.57. The summed E-state index contributed by atoms with van der Waals surface area (Å²) in [5.74, 6) is -0.951. The van der Waals surface area contributed by atoms with Gasteiger partial charge in [0.2, 0.25) is 5.91 Å². The van der Waals surface area contributed by atoms with Gasteiger partial charge in [-0.25, -0.2) is 14.6 Å². The molecule has 0 saturated carbocycles. The Bertz CT molecular complexity index is 1650. The first kappa shape index (κ1) is 27.7. The van der Waals surface area contributed by atoms with E-state index in [4.69, 9.17) is 9.47 Å². The molecule has 40 heavy (non-hydrogen) atoms. The number of anilines is 1. The summed E-state index contributed by atoms with van der Waals surface area (Å²) < 4.78 is 11.9. The van der Waals surface area contributed by atoms with Gasteiger partial charge < -0.3 is 14.8 Å². The third-order valence-corrected chi connectivity index (χ3v) is 9.22. The van der Waals surface area contributed by atoms with E-state index in [0.717, 1.165) is 46.6 Å². The zero-order valence-electron chi connectivity index (χ0n) is 22.4. The lowest BCUT2D eigenvalue weighted by atomic mass is 9.88. The van der Waals surface area contributed by atoms with Gasteiger partial charge in [-0.2, -0.15) is 0 Å². The number of hydrogen-bond acceptors (Lipinski definition) is 9. The van der Waals surface area contributed by atoms with Gasteiger partial charge in [0.1, 0.15) is 27.9 Å². The maximum Gasteiger partial charge on any atom is 0.349 e. The van der Waals surface area contributed by atoms with E-state index >= 15 is 0 Å². The summed E-state index contributed by atoms with van der Waals surface area (Å²) in [5, 5.41) is 3.56. The van der Waals surface area contributed by atoms with Gasteiger partial charge in [0.05, 0.1) is 23.9 Å². The van der Waals surface area contributed by atoms with Gasteiger partial charge in [-0.05, 0) is 55.7 Å². The molecule has 0 radical (unpaired) electrons. The zero-order valence-corrected chi connectivity index (χ0v) is 24.1. The predicted octanol–water partition coefficient (Wildman–Crippen LogP) is 5.13. The highest BCUT2D eigenvalue weighted by atomic mass is 32.1. The van der Waals surface area contributed by atoms with E-state index in [1.807, 2.05) is 30.3 Å². The van der Waals surface area contributed by atoms with Gasteiger partial charge in [-0.1, -0.05) is 37.3 Å². The van der Waals surface area contributed by atoms with Crippen LogP contribution in [0, 0.1) is 12.8 Å². The number of aromatic nitrogens is 2. The molecule has 1 aliphatic carbocycles. The number of fused-ring (bicyclic) bond motifs is 2. The average molecular weight is 580 g/mol. The Balaban J connectivity index is 1.36. The van der Waals surface area contributed by atoms with Crippen molar-refractivity contribution < 1.29 is 23.9 Å². The molecule has 1 aliphatic rings. The van der Waals surface area contributed by atoms with Gasteiger partial charge in [0.15, 0.2) is 0 Å². The maximum absolute atomic E-state index is 13.3. The predicted molar refractivity (Wildman–Crippen MR) is 154 cm³/mol. The smallest absolute Gasteiger partial charge is 0.349 e. The Morgan fingerprint density at radius 3 is 2.65 bits per heavy atom. The number of amides is 1. The van der Waals surface area contributed by atoms with E-state index in [2.05, 4.69) is 17.2 Å². The zero-order chi connectivity index (χ0) is 28.4. The number of nitrogens with zero attached hydrogens (tertiary/aromatic N) is 2. The van der Waals surface area contributed by atoms with Crippen LogP contribution >= 0.6 is 22.7 Å². The van der Waals surface area contributed by atoms with Crippen molar-refractivity contribution in [3.8, 4) is 0 Å². The van der Waals surface area contributed by atoms with E-state index in [-0.39, 0.29) is 25.1 Å². The van der Waals surface area contributed by atoms with Crippen LogP contribution in [0.4, 0.5) is 5.00 Å². The van der Waals surface area contributed by atoms with Crippen LogP contribution in [-0.2, 0) is 40.3 Å². The SMILES string of the molecule is CCOC(=O)c1c(NC(=O)Cn2cnc3sc(C(=O)OCc4ccccc4)c(C)c3c2=O)sc2c1CCC(C)C2. The molecule has 4 aromatic rings. The standard InChI is InChI=1S/C29H29N3O6S2/c1-4-37-28(35)23-19-11-10-16(2)12-20(19)39-26(23)31-21(33)13-32-15-30-25-22(27(32)34)17(3)24(40-25)29(36)38-14-18-8-6-5-7-9-18/h5-9,15-16H,4,10-14H2,1-3H3,(H,31,33). The second-order valence-electron chi connectivity index (χ2n) is 9.80. The number of carbonyl (C=O) groups is 3. The van der Waals surface area contributed by atoms with Crippen LogP contribution in [0.25, 0.3) is 10.2 Å². The van der Waals surface area contributed by atoms with Crippen LogP contribution in [0.15, 0.2) is 41.5 Å². The van der Waals surface area contributed by atoms with Crippen LogP contribution in [0.2, 0.25) is 0 Å². The normalized spacial score (nSPS) is 14.5. The van der Waals surface area contributed by atoms with Gasteiger partial charge in [0, 0.05) is 4.88 Å². The monoisotopic (exact) mass is 579 g/mol. The number of esters is 2. The fraction of sp³-hybridized carbons (Fsp3) is 0.345. The summed E-state index contributed by atoms with van der Waals surface area (Å²) in [7, 11) is 0. The third-order valence-electron chi connectivity index (χ3n) is 6.87. The van der Waals surface area contributed by atoms with Crippen LogP contribution in [0.3, 0.4) is 0 Å². The molecule has 0 saturated heterocycles. The molecule has 9 nitrogen and oxygen atoms in total. The second-order valence-corrected chi connectivity index (χ2v) is 11.9. The molecule has 0 bridgehead atoms. The molecule has 11 heteroatoms. The van der Waals surface area contributed by atoms with Crippen molar-refractivity contribution in [2.75, 3.05) is 11.9 Å². The number of ether oxygens (including phenoxy) is 2. The summed E-state index contributed by atoms with van der Waals surface area (Å²) in [5.41, 5.74) is 2.25. The topological polar surface area (TPSA) is 117 Å². The molecule has 1 aromatic carbocycles. The summed E-state index contributed by atoms with van der Waals surface area (Å²) in [4.78, 5) is 58.1. The number of hydrogen-bond donors (Lipinski definition) is 1. The number of nitrogens with one attached hydrogen (secondary N) is 1. The van der Waals surface area contributed by atoms with E-state index < -0.39 is 23.4 Å². The summed E-state index contributed by atoms with van der Waals surface area (Å²) in [6.07, 6.45) is 3.86. The highest BCUT2D eigenvalue weighted by Crippen LogP contribution is 2.40. The number of aryl methyl sites for hydroxylation is 1. The van der Waals surface area contributed by atoms with Crippen molar-refractivity contribution in [1.29, 1.82) is 0 Å². The van der Waals surface area contributed by atoms with Gasteiger partial charge >= 0.3 is 11.9 Å². The Morgan fingerprint density at radius 2 is 1.90 bits per heavy atom. The van der Waals surface area contributed by atoms with E-state index in [9.17, 15) is 19.2 Å². The minimum absolute atomic E-state index is 0.115. The Kier molecular flexibility index (Phi) is 8.13. The molecule has 1 atom stereocenters. The molecule has 0 aliphatic heterocycles. The molecule has 1 amide bonds. The molecule has 0 fully saturated rings. The fourth-order valence-corrected chi connectivity index (χ4v) is 7.28. The molecule has 3 aromatic heterocycles. The van der Waals surface area contributed by atoms with Crippen LogP contribution in [0.1, 0.15) is 61.9 Å². The highest BCUT2D eigenvalue weighted by Gasteiger charge is 2.29. The molecule has 5 rings (SSSR count). The molecule has 1 N–H and O–H groups in total. The number of thiophene rings is 2. The Morgan fingerprint density at radius 1 is 1.12 bits per heavy atom. The largest absolute Gasteiger partial charge is 0.462 e. The molecule has 208 valence electrons. The van der Waals surface area contributed by atoms with Crippen LogP contribution < -0.4 is 10.9 Å². The lowest BCUT2D eigenvalue weighted by Crippen LogP contribution is -2.28. The van der Waals surface area contributed by atoms with Gasteiger partial charge in [-0.15, -0.1) is 22.7 Å². The minimum Gasteiger partial charge on any atom is -0.462 e. The van der Waals surface area contributed by atoms with Crippen LogP contribution in [0.5, 0.6) is 0 Å². The number of carbonyl (C=O) groups excluding carboxylic acids is 3. The van der Waals surface area contributed by atoms with Crippen molar-refractivity contribution in [2.24, 2.45) is 5.92 Å². The lowest BCUT2D eigenvalue weighted by molar-refractivity contribution is -0.116.